The number of esters is 1. The van der Waals surface area contributed by atoms with Gasteiger partial charge in [0.2, 0.25) is 0 Å². The van der Waals surface area contributed by atoms with Crippen LogP contribution in [0, 0.1) is 5.41 Å². The van der Waals surface area contributed by atoms with Gasteiger partial charge in [-0.2, -0.15) is 0 Å². The molecule has 2 atom stereocenters. The molecule has 1 aliphatic rings. The van der Waals surface area contributed by atoms with Crippen LogP contribution in [-0.2, 0) is 14.3 Å². The second kappa shape index (κ2) is 3.97. The SMILES string of the molecule is C=C[C@@]1(C(=O)OC(C)(C)C)C[C@H]1OCC. The Morgan fingerprint density at radius 3 is 2.60 bits per heavy atom. The van der Waals surface area contributed by atoms with E-state index in [1.54, 1.807) is 6.08 Å². The van der Waals surface area contributed by atoms with Crippen molar-refractivity contribution in [3.8, 4) is 0 Å². The van der Waals surface area contributed by atoms with E-state index in [-0.39, 0.29) is 12.1 Å². The van der Waals surface area contributed by atoms with Crippen LogP contribution in [0.5, 0.6) is 0 Å². The first-order valence-electron chi connectivity index (χ1n) is 5.34. The van der Waals surface area contributed by atoms with Crippen molar-refractivity contribution in [2.45, 2.75) is 45.8 Å². The van der Waals surface area contributed by atoms with Gasteiger partial charge < -0.3 is 9.47 Å². The lowest BCUT2D eigenvalue weighted by atomic mass is 10.1. The van der Waals surface area contributed by atoms with Crippen LogP contribution in [0.1, 0.15) is 34.1 Å². The van der Waals surface area contributed by atoms with Crippen LogP contribution >= 0.6 is 0 Å². The van der Waals surface area contributed by atoms with Crippen LogP contribution in [0.25, 0.3) is 0 Å². The molecule has 0 aromatic carbocycles. The lowest BCUT2D eigenvalue weighted by Crippen LogP contribution is -2.30. The first-order chi connectivity index (χ1) is 6.85. The molecule has 1 aliphatic carbocycles. The minimum Gasteiger partial charge on any atom is -0.459 e. The number of hydrogen-bond acceptors (Lipinski definition) is 3. The summed E-state index contributed by atoms with van der Waals surface area (Å²) in [6.45, 7) is 11.8. The van der Waals surface area contributed by atoms with Crippen molar-refractivity contribution in [3.05, 3.63) is 12.7 Å². The van der Waals surface area contributed by atoms with Gasteiger partial charge in [-0.25, -0.2) is 0 Å². The van der Waals surface area contributed by atoms with E-state index in [1.165, 1.54) is 0 Å². The summed E-state index contributed by atoms with van der Waals surface area (Å²) in [6.07, 6.45) is 2.30. The quantitative estimate of drug-likeness (QED) is 0.530. The minimum absolute atomic E-state index is 0.0464. The Hall–Kier alpha value is -0.830. The maximum atomic E-state index is 11.9. The van der Waals surface area contributed by atoms with Crippen LogP contribution in [0.15, 0.2) is 12.7 Å². The van der Waals surface area contributed by atoms with Gasteiger partial charge in [0.15, 0.2) is 0 Å². The molecule has 0 bridgehead atoms. The molecule has 1 fully saturated rings. The van der Waals surface area contributed by atoms with Crippen molar-refractivity contribution in [2.24, 2.45) is 5.41 Å². The van der Waals surface area contributed by atoms with Crippen molar-refractivity contribution < 1.29 is 14.3 Å². The van der Waals surface area contributed by atoms with Crippen molar-refractivity contribution in [2.75, 3.05) is 6.61 Å². The molecule has 3 nitrogen and oxygen atoms in total. The average Bonchev–Trinajstić information content (AvgIpc) is 2.77. The van der Waals surface area contributed by atoms with Crippen LogP contribution in [0.4, 0.5) is 0 Å². The monoisotopic (exact) mass is 212 g/mol. The van der Waals surface area contributed by atoms with E-state index in [1.807, 2.05) is 27.7 Å². The predicted octanol–water partition coefficient (Wildman–Crippen LogP) is 2.31. The third-order valence-corrected chi connectivity index (χ3v) is 2.45. The molecular weight excluding hydrogens is 192 g/mol. The normalized spacial score (nSPS) is 29.7. The highest BCUT2D eigenvalue weighted by Crippen LogP contribution is 2.51. The molecule has 0 saturated heterocycles. The van der Waals surface area contributed by atoms with Gasteiger partial charge in [-0.1, -0.05) is 6.08 Å². The first-order valence-corrected chi connectivity index (χ1v) is 5.34. The molecule has 0 N–H and O–H groups in total. The predicted molar refractivity (Wildman–Crippen MR) is 58.5 cm³/mol. The fourth-order valence-corrected chi connectivity index (χ4v) is 1.54. The Kier molecular flexibility index (Phi) is 3.24. The van der Waals surface area contributed by atoms with E-state index < -0.39 is 11.0 Å². The Labute approximate surface area is 91.4 Å². The maximum Gasteiger partial charge on any atom is 0.319 e. The summed E-state index contributed by atoms with van der Waals surface area (Å²) in [6, 6.07) is 0. The van der Waals surface area contributed by atoms with Gasteiger partial charge in [0.05, 0.1) is 6.10 Å². The second-order valence-electron chi connectivity index (χ2n) is 4.89. The van der Waals surface area contributed by atoms with Gasteiger partial charge in [-0.15, -0.1) is 6.58 Å². The van der Waals surface area contributed by atoms with Crippen molar-refractivity contribution in [3.63, 3.8) is 0 Å². The van der Waals surface area contributed by atoms with Crippen molar-refractivity contribution >= 4 is 5.97 Å². The number of rotatable bonds is 4. The lowest BCUT2D eigenvalue weighted by molar-refractivity contribution is -0.161. The molecule has 0 aromatic heterocycles. The van der Waals surface area contributed by atoms with Crippen LogP contribution in [0.2, 0.25) is 0 Å². The highest BCUT2D eigenvalue weighted by atomic mass is 16.6. The summed E-state index contributed by atoms with van der Waals surface area (Å²) >= 11 is 0. The van der Waals surface area contributed by atoms with Crippen LogP contribution in [-0.4, -0.2) is 24.3 Å². The summed E-state index contributed by atoms with van der Waals surface area (Å²) in [7, 11) is 0. The first kappa shape index (κ1) is 12.2. The Bertz CT molecular complexity index is 265. The number of carbonyl (C=O) groups excluding carboxylic acids is 1. The Morgan fingerprint density at radius 1 is 1.60 bits per heavy atom. The third-order valence-electron chi connectivity index (χ3n) is 2.45. The zero-order chi connectivity index (χ0) is 11.7. The summed E-state index contributed by atoms with van der Waals surface area (Å²) in [5.74, 6) is -0.219. The van der Waals surface area contributed by atoms with E-state index in [0.717, 1.165) is 0 Å². The van der Waals surface area contributed by atoms with Gasteiger partial charge in [0, 0.05) is 6.61 Å². The highest BCUT2D eigenvalue weighted by Gasteiger charge is 2.60. The van der Waals surface area contributed by atoms with Gasteiger partial charge >= 0.3 is 5.97 Å². The molecule has 3 heteroatoms. The van der Waals surface area contributed by atoms with E-state index in [4.69, 9.17) is 9.47 Å². The number of ether oxygens (including phenoxy) is 2. The molecule has 1 saturated carbocycles. The number of hydrogen-bond donors (Lipinski definition) is 0. The van der Waals surface area contributed by atoms with Crippen LogP contribution in [0.3, 0.4) is 0 Å². The van der Waals surface area contributed by atoms with Crippen molar-refractivity contribution in [1.82, 2.24) is 0 Å². The molecule has 0 spiro atoms. The molecule has 1 rings (SSSR count). The van der Waals surface area contributed by atoms with E-state index >= 15 is 0 Å². The molecular formula is C12H20O3. The Morgan fingerprint density at radius 2 is 2.20 bits per heavy atom. The standard InChI is InChI=1S/C12H20O3/c1-6-12(8-9(12)14-7-2)10(13)15-11(3,4)5/h6,9H,1,7-8H2,2-5H3/t9-,12-/m1/s1. The molecule has 0 heterocycles. The fraction of sp³-hybridized carbons (Fsp3) is 0.750. The van der Waals surface area contributed by atoms with Gasteiger partial charge in [0.25, 0.3) is 0 Å². The van der Waals surface area contributed by atoms with E-state index in [9.17, 15) is 4.79 Å². The molecule has 15 heavy (non-hydrogen) atoms. The maximum absolute atomic E-state index is 11.9. The average molecular weight is 212 g/mol. The zero-order valence-electron chi connectivity index (χ0n) is 10.0. The third kappa shape index (κ3) is 2.59. The van der Waals surface area contributed by atoms with Gasteiger partial charge in [-0.05, 0) is 34.1 Å². The Balaban J connectivity index is 2.62. The smallest absolute Gasteiger partial charge is 0.319 e. The summed E-state index contributed by atoms with van der Waals surface area (Å²) < 4.78 is 10.8. The zero-order valence-corrected chi connectivity index (χ0v) is 10.0. The van der Waals surface area contributed by atoms with E-state index in [0.29, 0.717) is 13.0 Å². The lowest BCUT2D eigenvalue weighted by Gasteiger charge is -2.22. The van der Waals surface area contributed by atoms with Crippen LogP contribution < -0.4 is 0 Å². The minimum atomic E-state index is -0.594. The highest BCUT2D eigenvalue weighted by molar-refractivity contribution is 5.84. The topological polar surface area (TPSA) is 35.5 Å². The molecule has 0 aromatic rings. The fourth-order valence-electron chi connectivity index (χ4n) is 1.54. The second-order valence-corrected chi connectivity index (χ2v) is 4.89. The molecule has 0 aliphatic heterocycles. The molecule has 0 amide bonds. The summed E-state index contributed by atoms with van der Waals surface area (Å²) in [5.41, 5.74) is -1.05. The number of carbonyl (C=O) groups is 1. The van der Waals surface area contributed by atoms with Gasteiger partial charge in [0.1, 0.15) is 11.0 Å². The van der Waals surface area contributed by atoms with E-state index in [2.05, 4.69) is 6.58 Å². The summed E-state index contributed by atoms with van der Waals surface area (Å²) in [5, 5.41) is 0. The molecule has 0 unspecified atom stereocenters. The molecule has 86 valence electrons. The van der Waals surface area contributed by atoms with Crippen molar-refractivity contribution in [1.29, 1.82) is 0 Å². The summed E-state index contributed by atoms with van der Waals surface area (Å²) in [4.78, 5) is 11.9. The van der Waals surface area contributed by atoms with Gasteiger partial charge in [-0.3, -0.25) is 4.79 Å². The largest absolute Gasteiger partial charge is 0.459 e. The molecule has 0 radical (unpaired) electrons.